The highest BCUT2D eigenvalue weighted by Crippen LogP contribution is 2.36. The molecule has 0 fully saturated rings. The number of hydrogen-bond acceptors (Lipinski definition) is 4. The van der Waals surface area contributed by atoms with Crippen molar-refractivity contribution in [1.82, 2.24) is 4.98 Å². The summed E-state index contributed by atoms with van der Waals surface area (Å²) in [6.07, 6.45) is 3.47. The van der Waals surface area contributed by atoms with E-state index in [9.17, 15) is 9.59 Å². The highest BCUT2D eigenvalue weighted by molar-refractivity contribution is 6.03. The van der Waals surface area contributed by atoms with Gasteiger partial charge in [0.2, 0.25) is 5.91 Å². The number of aromatic nitrogens is 1. The van der Waals surface area contributed by atoms with Crippen molar-refractivity contribution in [2.24, 2.45) is 0 Å². The fourth-order valence-corrected chi connectivity index (χ4v) is 4.17. The highest BCUT2D eigenvalue weighted by Gasteiger charge is 2.40. The molecule has 0 atom stereocenters. The summed E-state index contributed by atoms with van der Waals surface area (Å²) in [4.78, 5) is 32.7. The SMILES string of the molecule is CCOC(=O)c1ccc(N(Cc2cccnc2)C(=O)C(C)(c2ccccc2)c2ccccc2)cc1. The van der Waals surface area contributed by atoms with E-state index in [0.29, 0.717) is 24.4 Å². The van der Waals surface area contributed by atoms with Crippen LogP contribution in [0.1, 0.15) is 40.9 Å². The van der Waals surface area contributed by atoms with E-state index >= 15 is 0 Å². The molecule has 0 radical (unpaired) electrons. The van der Waals surface area contributed by atoms with Crippen molar-refractivity contribution in [2.45, 2.75) is 25.8 Å². The second-order valence-electron chi connectivity index (χ2n) is 8.38. The van der Waals surface area contributed by atoms with Crippen LogP contribution in [0.5, 0.6) is 0 Å². The van der Waals surface area contributed by atoms with Gasteiger partial charge in [0.25, 0.3) is 0 Å². The van der Waals surface area contributed by atoms with E-state index < -0.39 is 5.41 Å². The van der Waals surface area contributed by atoms with Crippen LogP contribution in [0.3, 0.4) is 0 Å². The van der Waals surface area contributed by atoms with Gasteiger partial charge in [0.15, 0.2) is 0 Å². The van der Waals surface area contributed by atoms with E-state index in [2.05, 4.69) is 4.98 Å². The van der Waals surface area contributed by atoms with Crippen LogP contribution in [0.4, 0.5) is 5.69 Å². The molecule has 176 valence electrons. The van der Waals surface area contributed by atoms with Gasteiger partial charge >= 0.3 is 5.97 Å². The molecule has 3 aromatic carbocycles. The largest absolute Gasteiger partial charge is 0.462 e. The minimum atomic E-state index is -0.940. The number of esters is 1. The van der Waals surface area contributed by atoms with Crippen LogP contribution in [0, 0.1) is 0 Å². The molecule has 0 saturated carbocycles. The van der Waals surface area contributed by atoms with Gasteiger partial charge in [-0.2, -0.15) is 0 Å². The van der Waals surface area contributed by atoms with E-state index in [1.54, 1.807) is 48.5 Å². The summed E-state index contributed by atoms with van der Waals surface area (Å²) in [5.74, 6) is -0.467. The number of hydrogen-bond donors (Lipinski definition) is 0. The summed E-state index contributed by atoms with van der Waals surface area (Å²) in [5, 5.41) is 0. The van der Waals surface area contributed by atoms with E-state index in [0.717, 1.165) is 16.7 Å². The molecule has 0 spiro atoms. The number of pyridine rings is 1. The van der Waals surface area contributed by atoms with E-state index in [-0.39, 0.29) is 11.9 Å². The van der Waals surface area contributed by atoms with Gasteiger partial charge in [0.1, 0.15) is 0 Å². The first-order valence-corrected chi connectivity index (χ1v) is 11.6. The number of carbonyl (C=O) groups excluding carboxylic acids is 2. The number of carbonyl (C=O) groups is 2. The number of amides is 1. The summed E-state index contributed by atoms with van der Waals surface area (Å²) in [5.41, 5.74) is 2.89. The van der Waals surface area contributed by atoms with Gasteiger partial charge in [0, 0.05) is 18.1 Å². The first kappa shape index (κ1) is 23.9. The summed E-state index contributed by atoms with van der Waals surface area (Å²) in [6, 6.07) is 30.4. The van der Waals surface area contributed by atoms with Gasteiger partial charge in [-0.3, -0.25) is 9.78 Å². The Morgan fingerprint density at radius 1 is 0.829 bits per heavy atom. The second-order valence-corrected chi connectivity index (χ2v) is 8.38. The van der Waals surface area contributed by atoms with Crippen molar-refractivity contribution in [3.63, 3.8) is 0 Å². The number of rotatable bonds is 8. The zero-order valence-electron chi connectivity index (χ0n) is 19.9. The molecule has 0 saturated heterocycles. The Bertz CT molecular complexity index is 1220. The third-order valence-corrected chi connectivity index (χ3v) is 6.13. The average molecular weight is 465 g/mol. The predicted octanol–water partition coefficient (Wildman–Crippen LogP) is 5.80. The molecular weight excluding hydrogens is 436 g/mol. The lowest BCUT2D eigenvalue weighted by Gasteiger charge is -2.36. The molecule has 1 heterocycles. The molecule has 0 bridgehead atoms. The normalized spacial score (nSPS) is 11.0. The quantitative estimate of drug-likeness (QED) is 0.309. The van der Waals surface area contributed by atoms with Crippen molar-refractivity contribution >= 4 is 17.6 Å². The topological polar surface area (TPSA) is 59.5 Å². The Labute approximate surface area is 206 Å². The molecule has 0 aliphatic carbocycles. The van der Waals surface area contributed by atoms with E-state index in [4.69, 9.17) is 4.74 Å². The first-order valence-electron chi connectivity index (χ1n) is 11.6. The van der Waals surface area contributed by atoms with E-state index in [1.807, 2.05) is 79.7 Å². The van der Waals surface area contributed by atoms with Crippen LogP contribution < -0.4 is 4.90 Å². The van der Waals surface area contributed by atoms with Gasteiger partial charge in [0.05, 0.1) is 24.1 Å². The maximum absolute atomic E-state index is 14.5. The van der Waals surface area contributed by atoms with Crippen molar-refractivity contribution in [1.29, 1.82) is 0 Å². The monoisotopic (exact) mass is 464 g/mol. The maximum Gasteiger partial charge on any atom is 0.338 e. The maximum atomic E-state index is 14.5. The molecule has 4 aromatic rings. The molecule has 4 rings (SSSR count). The lowest BCUT2D eigenvalue weighted by atomic mass is 9.75. The van der Waals surface area contributed by atoms with Crippen LogP contribution in [0.15, 0.2) is 109 Å². The van der Waals surface area contributed by atoms with Crippen molar-refractivity contribution < 1.29 is 14.3 Å². The smallest absolute Gasteiger partial charge is 0.338 e. The van der Waals surface area contributed by atoms with Crippen LogP contribution >= 0.6 is 0 Å². The predicted molar refractivity (Wildman–Crippen MR) is 137 cm³/mol. The molecule has 1 amide bonds. The third-order valence-electron chi connectivity index (χ3n) is 6.13. The highest BCUT2D eigenvalue weighted by atomic mass is 16.5. The van der Waals surface area contributed by atoms with Gasteiger partial charge in [-0.15, -0.1) is 0 Å². The molecule has 35 heavy (non-hydrogen) atoms. The summed E-state index contributed by atoms with van der Waals surface area (Å²) in [7, 11) is 0. The lowest BCUT2D eigenvalue weighted by molar-refractivity contribution is -0.122. The van der Waals surface area contributed by atoms with Gasteiger partial charge in [-0.05, 0) is 60.9 Å². The summed E-state index contributed by atoms with van der Waals surface area (Å²) in [6.45, 7) is 4.37. The summed E-state index contributed by atoms with van der Waals surface area (Å²) >= 11 is 0. The van der Waals surface area contributed by atoms with Crippen LogP contribution in [0.2, 0.25) is 0 Å². The molecule has 1 aromatic heterocycles. The van der Waals surface area contributed by atoms with Crippen LogP contribution in [0.25, 0.3) is 0 Å². The average Bonchev–Trinajstić information content (AvgIpc) is 2.92. The second kappa shape index (κ2) is 10.8. The number of benzene rings is 3. The summed E-state index contributed by atoms with van der Waals surface area (Å²) < 4.78 is 5.11. The van der Waals surface area contributed by atoms with Crippen LogP contribution in [-0.4, -0.2) is 23.5 Å². The zero-order chi connectivity index (χ0) is 24.7. The van der Waals surface area contributed by atoms with Crippen molar-refractivity contribution in [3.8, 4) is 0 Å². The molecule has 0 aliphatic rings. The molecule has 0 unspecified atom stereocenters. The van der Waals surface area contributed by atoms with Gasteiger partial charge in [-0.25, -0.2) is 4.79 Å². The number of anilines is 1. The Kier molecular flexibility index (Phi) is 7.36. The molecular formula is C30H28N2O3. The Morgan fingerprint density at radius 2 is 1.43 bits per heavy atom. The molecule has 0 aliphatic heterocycles. The minimum absolute atomic E-state index is 0.0809. The minimum Gasteiger partial charge on any atom is -0.462 e. The van der Waals surface area contributed by atoms with E-state index in [1.165, 1.54) is 0 Å². The zero-order valence-corrected chi connectivity index (χ0v) is 19.9. The third kappa shape index (κ3) is 5.14. The Morgan fingerprint density at radius 3 is 1.94 bits per heavy atom. The fraction of sp³-hybridized carbons (Fsp3) is 0.167. The first-order chi connectivity index (χ1) is 17.0. The van der Waals surface area contributed by atoms with Gasteiger partial charge in [-0.1, -0.05) is 66.7 Å². The molecule has 5 heteroatoms. The lowest BCUT2D eigenvalue weighted by Crippen LogP contribution is -2.46. The van der Waals surface area contributed by atoms with Crippen molar-refractivity contribution in [2.75, 3.05) is 11.5 Å². The Balaban J connectivity index is 1.81. The standard InChI is InChI=1S/C30H28N2O3/c1-3-35-28(33)24-16-18-27(19-17-24)32(22-23-11-10-20-31-21-23)29(34)30(2,25-12-6-4-7-13-25)26-14-8-5-9-15-26/h4-21H,3,22H2,1-2H3. The fourth-order valence-electron chi connectivity index (χ4n) is 4.17. The number of ether oxygens (including phenoxy) is 1. The Hall–Kier alpha value is -4.25. The van der Waals surface area contributed by atoms with Crippen molar-refractivity contribution in [3.05, 3.63) is 132 Å². The van der Waals surface area contributed by atoms with Gasteiger partial charge < -0.3 is 9.64 Å². The molecule has 0 N–H and O–H groups in total. The van der Waals surface area contributed by atoms with Crippen LogP contribution in [-0.2, 0) is 21.5 Å². The number of nitrogens with zero attached hydrogens (tertiary/aromatic N) is 2. The molecule has 5 nitrogen and oxygen atoms in total.